The Bertz CT molecular complexity index is 884. The zero-order valence-electron chi connectivity index (χ0n) is 19.1. The van der Waals surface area contributed by atoms with Crippen molar-refractivity contribution in [1.82, 2.24) is 24.9 Å². The van der Waals surface area contributed by atoms with Gasteiger partial charge in [-0.05, 0) is 63.9 Å². The molecule has 7 heteroatoms. The van der Waals surface area contributed by atoms with E-state index in [-0.39, 0.29) is 5.91 Å². The maximum Gasteiger partial charge on any atom is 0.274 e. The predicted molar refractivity (Wildman–Crippen MR) is 122 cm³/mol. The van der Waals surface area contributed by atoms with Crippen molar-refractivity contribution in [2.45, 2.75) is 45.2 Å². The summed E-state index contributed by atoms with van der Waals surface area (Å²) < 4.78 is 7.28. The number of fused-ring (bicyclic) bond motifs is 1. The molecule has 31 heavy (non-hydrogen) atoms. The molecule has 1 fully saturated rings. The smallest absolute Gasteiger partial charge is 0.274 e. The quantitative estimate of drug-likeness (QED) is 0.735. The number of amides is 1. The van der Waals surface area contributed by atoms with Gasteiger partial charge in [0.1, 0.15) is 5.75 Å². The van der Waals surface area contributed by atoms with E-state index >= 15 is 0 Å². The highest BCUT2D eigenvalue weighted by molar-refractivity contribution is 5.94. The van der Waals surface area contributed by atoms with Crippen molar-refractivity contribution in [3.63, 3.8) is 0 Å². The van der Waals surface area contributed by atoms with Crippen molar-refractivity contribution >= 4 is 5.91 Å². The van der Waals surface area contributed by atoms with E-state index in [1.807, 2.05) is 21.7 Å². The maximum absolute atomic E-state index is 13.3. The molecule has 1 aliphatic heterocycles. The van der Waals surface area contributed by atoms with Crippen LogP contribution in [0, 0.1) is 0 Å². The van der Waals surface area contributed by atoms with Crippen molar-refractivity contribution in [3.8, 4) is 5.75 Å². The fourth-order valence-corrected chi connectivity index (χ4v) is 4.67. The molecule has 1 N–H and O–H groups in total. The van der Waals surface area contributed by atoms with Crippen LogP contribution in [0.3, 0.4) is 0 Å². The van der Waals surface area contributed by atoms with Crippen LogP contribution in [0.1, 0.15) is 40.7 Å². The first-order valence-electron chi connectivity index (χ1n) is 11.5. The Labute approximate surface area is 185 Å². The molecule has 1 aromatic heterocycles. The summed E-state index contributed by atoms with van der Waals surface area (Å²) in [5.41, 5.74) is 4.41. The highest BCUT2D eigenvalue weighted by Gasteiger charge is 2.31. The third-order valence-electron chi connectivity index (χ3n) is 6.64. The fraction of sp³-hybridized carbons (Fsp3) is 0.583. The Morgan fingerprint density at radius 3 is 2.61 bits per heavy atom. The average Bonchev–Trinajstić information content (AvgIpc) is 3.17. The molecular formula is C24H35N5O2. The third kappa shape index (κ3) is 4.93. The second kappa shape index (κ2) is 9.83. The fourth-order valence-electron chi connectivity index (χ4n) is 4.67. The predicted octanol–water partition coefficient (Wildman–Crippen LogP) is 1.99. The lowest BCUT2D eigenvalue weighted by molar-refractivity contribution is 0.0656. The Morgan fingerprint density at radius 2 is 1.94 bits per heavy atom. The maximum atomic E-state index is 13.3. The number of ether oxygens (including phenoxy) is 1. The van der Waals surface area contributed by atoms with Crippen LogP contribution in [0.2, 0.25) is 0 Å². The number of rotatable bonds is 7. The number of hydrogen-bond acceptors (Lipinski definition) is 5. The number of methoxy groups -OCH3 is 1. The highest BCUT2D eigenvalue weighted by Crippen LogP contribution is 2.26. The van der Waals surface area contributed by atoms with Gasteiger partial charge in [0, 0.05) is 50.0 Å². The largest absolute Gasteiger partial charge is 0.497 e. The molecule has 1 aromatic carbocycles. The summed E-state index contributed by atoms with van der Waals surface area (Å²) >= 11 is 0. The summed E-state index contributed by atoms with van der Waals surface area (Å²) in [7, 11) is 3.80. The van der Waals surface area contributed by atoms with Gasteiger partial charge in [-0.2, -0.15) is 5.10 Å². The number of aromatic nitrogens is 2. The molecule has 2 heterocycles. The summed E-state index contributed by atoms with van der Waals surface area (Å²) in [6, 6.07) is 8.66. The van der Waals surface area contributed by atoms with E-state index in [0.717, 1.165) is 70.7 Å². The number of carbonyl (C=O) groups is 1. The lowest BCUT2D eigenvalue weighted by Gasteiger charge is -2.32. The van der Waals surface area contributed by atoms with Gasteiger partial charge in [-0.1, -0.05) is 12.1 Å². The molecule has 168 valence electrons. The molecule has 2 aliphatic rings. The van der Waals surface area contributed by atoms with Crippen LogP contribution in [0.5, 0.6) is 5.75 Å². The standard InChI is InChI=1S/C24H35N5O2/c1-4-29-22-10-7-19(25-12-11-18-5-8-20(31-3)9-6-18)17-21(22)23(26-29)24(30)28-15-13-27(2)14-16-28/h5-6,8-9,19,25H,4,7,10-17H2,1-3H3. The van der Waals surface area contributed by atoms with E-state index in [2.05, 4.69) is 36.3 Å². The SMILES string of the molecule is CCn1nc(C(=O)N2CCN(C)CC2)c2c1CCC(NCCc1ccc(OC)cc1)C2. The van der Waals surface area contributed by atoms with Gasteiger partial charge in [0.15, 0.2) is 5.69 Å². The third-order valence-corrected chi connectivity index (χ3v) is 6.64. The average molecular weight is 426 g/mol. The number of benzene rings is 1. The molecule has 0 spiro atoms. The van der Waals surface area contributed by atoms with E-state index in [1.165, 1.54) is 16.8 Å². The Hall–Kier alpha value is -2.38. The summed E-state index contributed by atoms with van der Waals surface area (Å²) in [4.78, 5) is 17.5. The summed E-state index contributed by atoms with van der Waals surface area (Å²) in [6.07, 6.45) is 3.93. The topological polar surface area (TPSA) is 62.6 Å². The number of carbonyl (C=O) groups excluding carboxylic acids is 1. The second-order valence-electron chi connectivity index (χ2n) is 8.68. The number of hydrogen-bond donors (Lipinski definition) is 1. The van der Waals surface area contributed by atoms with Gasteiger partial charge in [0.25, 0.3) is 5.91 Å². The van der Waals surface area contributed by atoms with Crippen LogP contribution in [0.25, 0.3) is 0 Å². The summed E-state index contributed by atoms with van der Waals surface area (Å²) in [5, 5.41) is 8.47. The molecular weight excluding hydrogens is 390 g/mol. The molecule has 1 unspecified atom stereocenters. The van der Waals surface area contributed by atoms with E-state index in [0.29, 0.717) is 11.7 Å². The molecule has 1 saturated heterocycles. The first kappa shape index (κ1) is 21.8. The Kier molecular flexibility index (Phi) is 6.92. The number of aryl methyl sites for hydroxylation is 1. The molecule has 4 rings (SSSR count). The van der Waals surface area contributed by atoms with E-state index in [4.69, 9.17) is 9.84 Å². The second-order valence-corrected chi connectivity index (χ2v) is 8.68. The lowest BCUT2D eigenvalue weighted by Crippen LogP contribution is -2.47. The van der Waals surface area contributed by atoms with Gasteiger partial charge in [0.2, 0.25) is 0 Å². The normalized spacial score (nSPS) is 19.3. The Balaban J connectivity index is 1.40. The molecule has 0 radical (unpaired) electrons. The highest BCUT2D eigenvalue weighted by atomic mass is 16.5. The van der Waals surface area contributed by atoms with E-state index < -0.39 is 0 Å². The van der Waals surface area contributed by atoms with Gasteiger partial charge < -0.3 is 19.9 Å². The number of nitrogens with one attached hydrogen (secondary N) is 1. The zero-order valence-corrected chi connectivity index (χ0v) is 19.1. The number of likely N-dealkylation sites (N-methyl/N-ethyl adjacent to an activating group) is 1. The van der Waals surface area contributed by atoms with Gasteiger partial charge >= 0.3 is 0 Å². The van der Waals surface area contributed by atoms with Crippen molar-refractivity contribution < 1.29 is 9.53 Å². The Morgan fingerprint density at radius 1 is 1.19 bits per heavy atom. The van der Waals surface area contributed by atoms with E-state index in [1.54, 1.807) is 7.11 Å². The van der Waals surface area contributed by atoms with Crippen LogP contribution in [0.15, 0.2) is 24.3 Å². The molecule has 0 saturated carbocycles. The van der Waals surface area contributed by atoms with Gasteiger partial charge in [0.05, 0.1) is 7.11 Å². The van der Waals surface area contributed by atoms with Crippen LogP contribution >= 0.6 is 0 Å². The van der Waals surface area contributed by atoms with Crippen molar-refractivity contribution in [2.24, 2.45) is 0 Å². The molecule has 1 amide bonds. The van der Waals surface area contributed by atoms with Gasteiger partial charge in [-0.25, -0.2) is 0 Å². The number of piperazine rings is 1. The van der Waals surface area contributed by atoms with Crippen molar-refractivity contribution in [2.75, 3.05) is 46.9 Å². The van der Waals surface area contributed by atoms with Crippen LogP contribution in [0.4, 0.5) is 0 Å². The zero-order chi connectivity index (χ0) is 21.8. The minimum Gasteiger partial charge on any atom is -0.497 e. The molecule has 1 aliphatic carbocycles. The minimum absolute atomic E-state index is 0.107. The summed E-state index contributed by atoms with van der Waals surface area (Å²) in [6.45, 7) is 7.27. The lowest BCUT2D eigenvalue weighted by atomic mass is 9.91. The monoisotopic (exact) mass is 425 g/mol. The van der Waals surface area contributed by atoms with Crippen LogP contribution < -0.4 is 10.1 Å². The van der Waals surface area contributed by atoms with E-state index in [9.17, 15) is 4.79 Å². The first-order valence-corrected chi connectivity index (χ1v) is 11.5. The molecule has 1 atom stereocenters. The van der Waals surface area contributed by atoms with Gasteiger partial charge in [-0.3, -0.25) is 9.48 Å². The molecule has 7 nitrogen and oxygen atoms in total. The summed E-state index contributed by atoms with van der Waals surface area (Å²) in [5.74, 6) is 0.998. The van der Waals surface area contributed by atoms with Crippen LogP contribution in [-0.4, -0.2) is 78.4 Å². The first-order chi connectivity index (χ1) is 15.1. The molecule has 0 bridgehead atoms. The van der Waals surface area contributed by atoms with Gasteiger partial charge in [-0.15, -0.1) is 0 Å². The molecule has 2 aromatic rings. The van der Waals surface area contributed by atoms with Crippen molar-refractivity contribution in [3.05, 3.63) is 46.8 Å². The number of nitrogens with zero attached hydrogens (tertiary/aromatic N) is 4. The van der Waals surface area contributed by atoms with Crippen molar-refractivity contribution in [1.29, 1.82) is 0 Å². The minimum atomic E-state index is 0.107. The van der Waals surface area contributed by atoms with Crippen LogP contribution in [-0.2, 0) is 25.8 Å².